The van der Waals surface area contributed by atoms with E-state index in [0.717, 1.165) is 22.8 Å². The van der Waals surface area contributed by atoms with Crippen molar-refractivity contribution in [3.8, 4) is 22.4 Å². The van der Waals surface area contributed by atoms with Crippen LogP contribution in [0.1, 0.15) is 0 Å². The van der Waals surface area contributed by atoms with Crippen molar-refractivity contribution in [2.75, 3.05) is 0 Å². The van der Waals surface area contributed by atoms with Crippen molar-refractivity contribution in [1.82, 2.24) is 14.5 Å². The second kappa shape index (κ2) is 7.37. The minimum Gasteiger partial charge on any atom is -0.302 e. The number of aromatic nitrogens is 3. The van der Waals surface area contributed by atoms with Crippen molar-refractivity contribution in [3.05, 3.63) is 90.9 Å². The highest BCUT2D eigenvalue weighted by Crippen LogP contribution is 2.42. The first-order valence-corrected chi connectivity index (χ1v) is 8.83. The molecule has 3 aromatic heterocycles. The Kier molecular flexibility index (Phi) is 4.75. The van der Waals surface area contributed by atoms with Gasteiger partial charge in [0, 0.05) is 34.7 Å². The van der Waals surface area contributed by atoms with E-state index in [-0.39, 0.29) is 5.70 Å². The summed E-state index contributed by atoms with van der Waals surface area (Å²) in [7, 11) is 0. The molecule has 6 heteroatoms. The van der Waals surface area contributed by atoms with Crippen molar-refractivity contribution >= 4 is 28.3 Å². The molecule has 0 fully saturated rings. The Morgan fingerprint density at radius 2 is 1.68 bits per heavy atom. The molecule has 138 valence electrons. The van der Waals surface area contributed by atoms with Crippen LogP contribution >= 0.6 is 11.6 Å². The summed E-state index contributed by atoms with van der Waals surface area (Å²) < 4.78 is 29.1. The summed E-state index contributed by atoms with van der Waals surface area (Å²) in [5, 5.41) is 0.590. The van der Waals surface area contributed by atoms with E-state index in [4.69, 9.17) is 11.6 Å². The molecular formula is C22H14ClF2N3. The highest BCUT2D eigenvalue weighted by atomic mass is 35.5. The molecule has 1 aromatic carbocycles. The van der Waals surface area contributed by atoms with Crippen LogP contribution in [-0.2, 0) is 0 Å². The largest absolute Gasteiger partial charge is 0.302 e. The Labute approximate surface area is 165 Å². The molecule has 0 aliphatic carbocycles. The van der Waals surface area contributed by atoms with E-state index in [1.807, 2.05) is 12.1 Å². The van der Waals surface area contributed by atoms with Crippen molar-refractivity contribution in [3.63, 3.8) is 0 Å². The van der Waals surface area contributed by atoms with Crippen LogP contribution in [0.15, 0.2) is 85.9 Å². The quantitative estimate of drug-likeness (QED) is 0.362. The molecule has 0 aliphatic heterocycles. The number of benzene rings is 1. The zero-order valence-electron chi connectivity index (χ0n) is 14.6. The van der Waals surface area contributed by atoms with Crippen LogP contribution in [0.25, 0.3) is 39.1 Å². The van der Waals surface area contributed by atoms with E-state index in [9.17, 15) is 8.78 Å². The Morgan fingerprint density at radius 1 is 0.964 bits per heavy atom. The number of hydrogen-bond acceptors (Lipinski definition) is 2. The van der Waals surface area contributed by atoms with Crippen LogP contribution in [-0.4, -0.2) is 14.5 Å². The van der Waals surface area contributed by atoms with Crippen LogP contribution in [0.5, 0.6) is 0 Å². The Bertz CT molecular complexity index is 1190. The predicted molar refractivity (Wildman–Crippen MR) is 109 cm³/mol. The van der Waals surface area contributed by atoms with E-state index < -0.39 is 6.08 Å². The highest BCUT2D eigenvalue weighted by molar-refractivity contribution is 6.30. The number of nitrogens with zero attached hydrogens (tertiary/aromatic N) is 3. The summed E-state index contributed by atoms with van der Waals surface area (Å²) in [4.78, 5) is 8.54. The molecule has 0 aliphatic rings. The minimum atomic E-state index is -1.83. The first-order chi connectivity index (χ1) is 13.6. The molecule has 0 unspecified atom stereocenters. The molecule has 0 saturated heterocycles. The van der Waals surface area contributed by atoms with E-state index in [1.54, 1.807) is 55.0 Å². The zero-order chi connectivity index (χ0) is 19.7. The van der Waals surface area contributed by atoms with Gasteiger partial charge in [-0.1, -0.05) is 30.3 Å². The second-order valence-electron chi connectivity index (χ2n) is 6.02. The SMILES string of the molecule is C=CC(=C(F)F)n1c(-c2ccncc2)c(-c2ccc(Cl)cc2)c2ncccc21. The molecule has 0 atom stereocenters. The van der Waals surface area contributed by atoms with Crippen LogP contribution in [0.2, 0.25) is 5.02 Å². The lowest BCUT2D eigenvalue weighted by molar-refractivity contribution is 0.422. The molecule has 3 heterocycles. The molecule has 0 bridgehead atoms. The molecule has 3 nitrogen and oxygen atoms in total. The van der Waals surface area contributed by atoms with Gasteiger partial charge in [0.25, 0.3) is 6.08 Å². The monoisotopic (exact) mass is 393 g/mol. The van der Waals surface area contributed by atoms with E-state index >= 15 is 0 Å². The maximum absolute atomic E-state index is 13.8. The smallest absolute Gasteiger partial charge is 0.294 e. The van der Waals surface area contributed by atoms with Crippen LogP contribution in [0, 0.1) is 0 Å². The Morgan fingerprint density at radius 3 is 2.32 bits per heavy atom. The topological polar surface area (TPSA) is 30.7 Å². The molecular weight excluding hydrogens is 380 g/mol. The normalized spacial score (nSPS) is 10.8. The first kappa shape index (κ1) is 18.1. The molecule has 28 heavy (non-hydrogen) atoms. The maximum Gasteiger partial charge on any atom is 0.294 e. The van der Waals surface area contributed by atoms with E-state index in [1.165, 1.54) is 4.57 Å². The fourth-order valence-electron chi connectivity index (χ4n) is 3.29. The number of allylic oxidation sites excluding steroid dienone is 2. The molecule has 0 radical (unpaired) electrons. The van der Waals surface area contributed by atoms with Gasteiger partial charge >= 0.3 is 0 Å². The molecule has 0 amide bonds. The first-order valence-electron chi connectivity index (χ1n) is 8.45. The van der Waals surface area contributed by atoms with Gasteiger partial charge in [-0.2, -0.15) is 8.78 Å². The van der Waals surface area contributed by atoms with Crippen LogP contribution in [0.3, 0.4) is 0 Å². The van der Waals surface area contributed by atoms with Gasteiger partial charge in [-0.25, -0.2) is 0 Å². The summed E-state index contributed by atoms with van der Waals surface area (Å²) in [6, 6.07) is 14.3. The van der Waals surface area contributed by atoms with Crippen molar-refractivity contribution in [2.45, 2.75) is 0 Å². The molecule has 4 aromatic rings. The molecule has 0 N–H and O–H groups in total. The van der Waals surface area contributed by atoms with Gasteiger partial charge in [-0.3, -0.25) is 9.97 Å². The van der Waals surface area contributed by atoms with Crippen LogP contribution < -0.4 is 0 Å². The third kappa shape index (κ3) is 3.00. The standard InChI is InChI=1S/C22H14ClF2N3/c1-2-17(22(24)25)28-18-4-3-11-27-20(18)19(14-5-7-16(23)8-6-14)21(28)15-9-12-26-13-10-15/h2-13H,1H2. The number of hydrogen-bond donors (Lipinski definition) is 0. The lowest BCUT2D eigenvalue weighted by atomic mass is 10.0. The minimum absolute atomic E-state index is 0.287. The molecule has 4 rings (SSSR count). The van der Waals surface area contributed by atoms with Crippen molar-refractivity contribution in [1.29, 1.82) is 0 Å². The van der Waals surface area contributed by atoms with Gasteiger partial charge < -0.3 is 4.57 Å². The Hall–Kier alpha value is -3.31. The van der Waals surface area contributed by atoms with Crippen molar-refractivity contribution < 1.29 is 8.78 Å². The number of rotatable bonds is 4. The maximum atomic E-state index is 13.8. The summed E-state index contributed by atoms with van der Waals surface area (Å²) in [6.07, 6.45) is 4.22. The Balaban J connectivity index is 2.21. The van der Waals surface area contributed by atoms with Gasteiger partial charge in [0.1, 0.15) is 5.70 Å². The molecule has 0 saturated carbocycles. The summed E-state index contributed by atoms with van der Waals surface area (Å²) in [6.45, 7) is 3.58. The third-order valence-electron chi connectivity index (χ3n) is 4.44. The van der Waals surface area contributed by atoms with Gasteiger partial charge in [-0.15, -0.1) is 0 Å². The second-order valence-corrected chi connectivity index (χ2v) is 6.46. The lowest BCUT2D eigenvalue weighted by Gasteiger charge is -2.13. The van der Waals surface area contributed by atoms with Crippen LogP contribution in [0.4, 0.5) is 8.78 Å². The molecule has 0 spiro atoms. The lowest BCUT2D eigenvalue weighted by Crippen LogP contribution is -1.99. The van der Waals surface area contributed by atoms with Gasteiger partial charge in [-0.05, 0) is 48.0 Å². The highest BCUT2D eigenvalue weighted by Gasteiger charge is 2.23. The van der Waals surface area contributed by atoms with E-state index in [0.29, 0.717) is 21.7 Å². The third-order valence-corrected chi connectivity index (χ3v) is 4.69. The van der Waals surface area contributed by atoms with Gasteiger partial charge in [0.05, 0.1) is 16.7 Å². The fraction of sp³-hybridized carbons (Fsp3) is 0. The van der Waals surface area contributed by atoms with Gasteiger partial charge in [0.2, 0.25) is 0 Å². The number of fused-ring (bicyclic) bond motifs is 1. The van der Waals surface area contributed by atoms with Crippen molar-refractivity contribution in [2.24, 2.45) is 0 Å². The van der Waals surface area contributed by atoms with Gasteiger partial charge in [0.15, 0.2) is 0 Å². The fourth-order valence-corrected chi connectivity index (χ4v) is 3.42. The summed E-state index contributed by atoms with van der Waals surface area (Å²) >= 11 is 6.04. The summed E-state index contributed by atoms with van der Waals surface area (Å²) in [5.41, 5.74) is 3.75. The summed E-state index contributed by atoms with van der Waals surface area (Å²) in [5.74, 6) is 0. The predicted octanol–water partition coefficient (Wildman–Crippen LogP) is 6.67. The number of pyridine rings is 2. The average molecular weight is 394 g/mol. The zero-order valence-corrected chi connectivity index (χ0v) is 15.4. The average Bonchev–Trinajstić information content (AvgIpc) is 3.05. The number of halogens is 3. The van der Waals surface area contributed by atoms with E-state index in [2.05, 4.69) is 16.5 Å².